The van der Waals surface area contributed by atoms with Crippen molar-refractivity contribution in [3.05, 3.63) is 6.33 Å². The summed E-state index contributed by atoms with van der Waals surface area (Å²) in [5.41, 5.74) is 6.72. The number of aromatic nitrogens is 2. The predicted octanol–water partition coefficient (Wildman–Crippen LogP) is 3.25. The molecule has 0 radical (unpaired) electrons. The number of ether oxygens (including phenoxy) is 1. The van der Waals surface area contributed by atoms with Crippen LogP contribution in [0.1, 0.15) is 53.9 Å². The molecule has 1 rings (SSSR count). The molecule has 0 saturated heterocycles. The molecule has 0 amide bonds. The molecule has 0 aliphatic heterocycles. The Labute approximate surface area is 122 Å². The van der Waals surface area contributed by atoms with Gasteiger partial charge in [-0.1, -0.05) is 19.8 Å². The van der Waals surface area contributed by atoms with Crippen LogP contribution in [0, 0.1) is 0 Å². The molecule has 0 unspecified atom stereocenters. The maximum absolute atomic E-state index is 6.18. The maximum atomic E-state index is 6.18. The van der Waals surface area contributed by atoms with E-state index < -0.39 is 0 Å². The second kappa shape index (κ2) is 7.92. The number of nitrogens with two attached hydrogens (primary N) is 1. The van der Waals surface area contributed by atoms with E-state index in [1.807, 2.05) is 13.8 Å². The van der Waals surface area contributed by atoms with Crippen molar-refractivity contribution in [1.82, 2.24) is 9.97 Å². The quantitative estimate of drug-likeness (QED) is 0.740. The molecular formula is C15H28N4O. The zero-order chi connectivity index (χ0) is 15.1. The third-order valence-electron chi connectivity index (χ3n) is 3.07. The van der Waals surface area contributed by atoms with Crippen LogP contribution >= 0.6 is 0 Å². The van der Waals surface area contributed by atoms with Gasteiger partial charge in [0.25, 0.3) is 0 Å². The Morgan fingerprint density at radius 1 is 1.20 bits per heavy atom. The SMILES string of the molecule is CCCCCN(c1ncnc(OC(C)C)c1N)C(C)C. The highest BCUT2D eigenvalue weighted by Gasteiger charge is 2.18. The van der Waals surface area contributed by atoms with Gasteiger partial charge in [-0.25, -0.2) is 4.98 Å². The molecule has 2 N–H and O–H groups in total. The number of hydrogen-bond donors (Lipinski definition) is 1. The molecule has 1 aromatic rings. The monoisotopic (exact) mass is 280 g/mol. The minimum Gasteiger partial charge on any atom is -0.473 e. The lowest BCUT2D eigenvalue weighted by Gasteiger charge is -2.29. The van der Waals surface area contributed by atoms with Gasteiger partial charge in [0.05, 0.1) is 6.10 Å². The van der Waals surface area contributed by atoms with Crippen molar-refractivity contribution in [3.8, 4) is 5.88 Å². The molecule has 1 heterocycles. The van der Waals surface area contributed by atoms with Crippen molar-refractivity contribution in [2.24, 2.45) is 0 Å². The summed E-state index contributed by atoms with van der Waals surface area (Å²) in [4.78, 5) is 10.7. The van der Waals surface area contributed by atoms with Crippen molar-refractivity contribution in [3.63, 3.8) is 0 Å². The van der Waals surface area contributed by atoms with Crippen LogP contribution in [0.3, 0.4) is 0 Å². The number of hydrogen-bond acceptors (Lipinski definition) is 5. The number of nitrogens with zero attached hydrogens (tertiary/aromatic N) is 3. The summed E-state index contributed by atoms with van der Waals surface area (Å²) >= 11 is 0. The molecule has 114 valence electrons. The number of rotatable bonds is 8. The second-order valence-electron chi connectivity index (χ2n) is 5.58. The first-order valence-corrected chi connectivity index (χ1v) is 7.51. The van der Waals surface area contributed by atoms with Gasteiger partial charge in [-0.3, -0.25) is 0 Å². The lowest BCUT2D eigenvalue weighted by Crippen LogP contribution is -2.33. The van der Waals surface area contributed by atoms with Crippen LogP contribution in [0.2, 0.25) is 0 Å². The second-order valence-corrected chi connectivity index (χ2v) is 5.58. The minimum atomic E-state index is 0.0487. The lowest BCUT2D eigenvalue weighted by molar-refractivity contribution is 0.234. The molecule has 0 fully saturated rings. The Balaban J connectivity index is 2.95. The highest BCUT2D eigenvalue weighted by molar-refractivity contribution is 5.68. The summed E-state index contributed by atoms with van der Waals surface area (Å²) in [5.74, 6) is 1.26. The molecule has 20 heavy (non-hydrogen) atoms. The lowest BCUT2D eigenvalue weighted by atomic mass is 10.2. The van der Waals surface area contributed by atoms with Gasteiger partial charge in [-0.2, -0.15) is 4.98 Å². The van der Waals surface area contributed by atoms with E-state index in [4.69, 9.17) is 10.5 Å². The van der Waals surface area contributed by atoms with Crippen LogP contribution in [-0.2, 0) is 0 Å². The van der Waals surface area contributed by atoms with Crippen molar-refractivity contribution >= 4 is 11.5 Å². The highest BCUT2D eigenvalue weighted by Crippen LogP contribution is 2.29. The molecule has 5 nitrogen and oxygen atoms in total. The van der Waals surface area contributed by atoms with E-state index in [1.54, 1.807) is 0 Å². The standard InChI is InChI=1S/C15H28N4O/c1-6-7-8-9-19(11(2)3)14-13(16)15(18-10-17-14)20-12(4)5/h10-12H,6-9,16H2,1-5H3. The van der Waals surface area contributed by atoms with Crippen molar-refractivity contribution in [1.29, 1.82) is 0 Å². The van der Waals surface area contributed by atoms with E-state index in [9.17, 15) is 0 Å². The third kappa shape index (κ3) is 4.54. The molecule has 0 aliphatic rings. The number of nitrogen functional groups attached to an aromatic ring is 1. The Hall–Kier alpha value is -1.52. The first-order valence-electron chi connectivity index (χ1n) is 7.51. The molecule has 1 aromatic heterocycles. The maximum Gasteiger partial charge on any atom is 0.242 e. The van der Waals surface area contributed by atoms with Crippen LogP contribution in [0.4, 0.5) is 11.5 Å². The van der Waals surface area contributed by atoms with E-state index in [-0.39, 0.29) is 6.10 Å². The summed E-state index contributed by atoms with van der Waals surface area (Å²) in [6.07, 6.45) is 5.13. The highest BCUT2D eigenvalue weighted by atomic mass is 16.5. The third-order valence-corrected chi connectivity index (χ3v) is 3.07. The number of unbranched alkanes of at least 4 members (excludes halogenated alkanes) is 2. The van der Waals surface area contributed by atoms with E-state index in [2.05, 4.69) is 35.6 Å². The smallest absolute Gasteiger partial charge is 0.242 e. The van der Waals surface area contributed by atoms with Gasteiger partial charge in [0.1, 0.15) is 12.0 Å². The van der Waals surface area contributed by atoms with Gasteiger partial charge in [-0.15, -0.1) is 0 Å². The van der Waals surface area contributed by atoms with Gasteiger partial charge in [0.15, 0.2) is 5.82 Å². The summed E-state index contributed by atoms with van der Waals surface area (Å²) in [7, 11) is 0. The average molecular weight is 280 g/mol. The van der Waals surface area contributed by atoms with E-state index in [0.717, 1.165) is 18.8 Å². The van der Waals surface area contributed by atoms with Crippen molar-refractivity contribution in [2.45, 2.75) is 66.0 Å². The fourth-order valence-electron chi connectivity index (χ4n) is 2.06. The summed E-state index contributed by atoms with van der Waals surface area (Å²) in [6.45, 7) is 11.4. The van der Waals surface area contributed by atoms with Gasteiger partial charge >= 0.3 is 0 Å². The minimum absolute atomic E-state index is 0.0487. The van der Waals surface area contributed by atoms with Gasteiger partial charge in [0.2, 0.25) is 5.88 Å². The molecule has 0 aromatic carbocycles. The molecule has 0 aliphatic carbocycles. The van der Waals surface area contributed by atoms with Gasteiger partial charge in [-0.05, 0) is 34.1 Å². The molecule has 0 saturated carbocycles. The van der Waals surface area contributed by atoms with E-state index >= 15 is 0 Å². The van der Waals surface area contributed by atoms with Crippen molar-refractivity contribution in [2.75, 3.05) is 17.2 Å². The molecule has 5 heteroatoms. The van der Waals surface area contributed by atoms with Gasteiger partial charge < -0.3 is 15.4 Å². The summed E-state index contributed by atoms with van der Waals surface area (Å²) < 4.78 is 5.64. The van der Waals surface area contributed by atoms with Crippen LogP contribution in [-0.4, -0.2) is 28.7 Å². The zero-order valence-corrected chi connectivity index (χ0v) is 13.4. The fraction of sp³-hybridized carbons (Fsp3) is 0.733. The zero-order valence-electron chi connectivity index (χ0n) is 13.4. The summed E-state index contributed by atoms with van der Waals surface area (Å²) in [5, 5.41) is 0. The molecule has 0 bridgehead atoms. The average Bonchev–Trinajstić information content (AvgIpc) is 2.37. The fourth-order valence-corrected chi connectivity index (χ4v) is 2.06. The van der Waals surface area contributed by atoms with Crippen molar-refractivity contribution < 1.29 is 4.74 Å². The Morgan fingerprint density at radius 2 is 1.90 bits per heavy atom. The first kappa shape index (κ1) is 16.5. The topological polar surface area (TPSA) is 64.3 Å². The predicted molar refractivity (Wildman–Crippen MR) is 84.2 cm³/mol. The molecule has 0 atom stereocenters. The Kier molecular flexibility index (Phi) is 6.55. The van der Waals surface area contributed by atoms with Gasteiger partial charge in [0, 0.05) is 12.6 Å². The van der Waals surface area contributed by atoms with Crippen LogP contribution < -0.4 is 15.4 Å². The van der Waals surface area contributed by atoms with E-state index in [0.29, 0.717) is 17.6 Å². The Bertz CT molecular complexity index is 407. The number of anilines is 2. The van der Waals surface area contributed by atoms with Crippen LogP contribution in [0.25, 0.3) is 0 Å². The Morgan fingerprint density at radius 3 is 2.45 bits per heavy atom. The van der Waals surface area contributed by atoms with Crippen LogP contribution in [0.15, 0.2) is 6.33 Å². The van der Waals surface area contributed by atoms with Crippen LogP contribution in [0.5, 0.6) is 5.88 Å². The first-order chi connectivity index (χ1) is 9.47. The van der Waals surface area contributed by atoms with E-state index in [1.165, 1.54) is 19.2 Å². The largest absolute Gasteiger partial charge is 0.473 e. The molecular weight excluding hydrogens is 252 g/mol. The molecule has 0 spiro atoms. The normalized spacial score (nSPS) is 11.2. The summed E-state index contributed by atoms with van der Waals surface area (Å²) in [6, 6.07) is 0.343.